The average molecular weight is 648 g/mol. The smallest absolute Gasteiger partial charge is 0.412 e. The van der Waals surface area contributed by atoms with Gasteiger partial charge in [-0.15, -0.1) is 11.6 Å². The van der Waals surface area contributed by atoms with Gasteiger partial charge in [-0.2, -0.15) is 0 Å². The first-order valence-corrected chi connectivity index (χ1v) is 14.7. The average Bonchev–Trinajstić information content (AvgIpc) is 3.77. The number of anilines is 2. The van der Waals surface area contributed by atoms with E-state index >= 15 is 0 Å². The predicted molar refractivity (Wildman–Crippen MR) is 173 cm³/mol. The number of nitro groups is 1. The van der Waals surface area contributed by atoms with Crippen molar-refractivity contribution in [2.45, 2.75) is 12.5 Å². The summed E-state index contributed by atoms with van der Waals surface area (Å²) in [6, 6.07) is 15.3. The number of methoxy groups -OCH3 is 3. The molecule has 3 heterocycles. The number of hydrogen-bond donors (Lipinski definition) is 1. The molecule has 3 aromatic carbocycles. The van der Waals surface area contributed by atoms with Crippen molar-refractivity contribution in [3.63, 3.8) is 0 Å². The number of fused-ring (bicyclic) bond motifs is 4. The minimum Gasteiger partial charge on any atom is -0.493 e. The lowest BCUT2D eigenvalue weighted by molar-refractivity contribution is -0.391. The van der Waals surface area contributed by atoms with Gasteiger partial charge in [-0.05, 0) is 40.1 Å². The molecule has 1 unspecified atom stereocenters. The largest absolute Gasteiger partial charge is 0.493 e. The second-order valence-electron chi connectivity index (χ2n) is 10.6. The predicted octanol–water partition coefficient (Wildman–Crippen LogP) is 6.63. The number of benzene rings is 3. The Bertz CT molecular complexity index is 2020. The SMILES string of the molecule is COc1cc2ccn(C(=O)N3CC(CCl)c4c3cc(NC(=O)OCc3ccc([N+](=O)[O-])n3C)c3ccccc43)c2c(OC)c1OC. The van der Waals surface area contributed by atoms with Crippen molar-refractivity contribution < 1.29 is 33.5 Å². The molecule has 0 saturated carbocycles. The second-order valence-corrected chi connectivity index (χ2v) is 10.9. The molecule has 14 heteroatoms. The number of hydrogen-bond acceptors (Lipinski definition) is 8. The first kappa shape index (κ1) is 30.6. The summed E-state index contributed by atoms with van der Waals surface area (Å²) in [5, 5.41) is 16.3. The molecule has 0 spiro atoms. The fraction of sp³-hybridized carbons (Fsp3) is 0.250. The van der Waals surface area contributed by atoms with E-state index in [0.29, 0.717) is 51.8 Å². The Hall–Kier alpha value is -5.43. The van der Waals surface area contributed by atoms with Crippen LogP contribution in [0, 0.1) is 10.1 Å². The van der Waals surface area contributed by atoms with E-state index in [1.54, 1.807) is 29.3 Å². The first-order chi connectivity index (χ1) is 22.2. The highest BCUT2D eigenvalue weighted by atomic mass is 35.5. The van der Waals surface area contributed by atoms with Gasteiger partial charge in [-0.25, -0.2) is 14.2 Å². The molecule has 0 radical (unpaired) electrons. The normalized spacial score (nSPS) is 13.9. The maximum atomic E-state index is 14.3. The first-order valence-electron chi connectivity index (χ1n) is 14.2. The van der Waals surface area contributed by atoms with Crippen LogP contribution in [0.3, 0.4) is 0 Å². The minimum absolute atomic E-state index is 0.118. The van der Waals surface area contributed by atoms with E-state index in [1.165, 1.54) is 49.6 Å². The van der Waals surface area contributed by atoms with Crippen LogP contribution in [0.15, 0.2) is 60.8 Å². The van der Waals surface area contributed by atoms with Crippen LogP contribution in [0.4, 0.5) is 26.8 Å². The highest BCUT2D eigenvalue weighted by molar-refractivity contribution is 6.19. The molecule has 0 fully saturated rings. The van der Waals surface area contributed by atoms with Gasteiger partial charge in [0.25, 0.3) is 0 Å². The summed E-state index contributed by atoms with van der Waals surface area (Å²) in [6.07, 6.45) is 0.897. The second kappa shape index (κ2) is 12.2. The zero-order valence-electron chi connectivity index (χ0n) is 25.4. The quantitative estimate of drug-likeness (QED) is 0.113. The van der Waals surface area contributed by atoms with E-state index < -0.39 is 11.0 Å². The number of alkyl halides is 1. The van der Waals surface area contributed by atoms with Gasteiger partial charge in [0.05, 0.1) is 39.8 Å². The van der Waals surface area contributed by atoms with Crippen LogP contribution in [-0.2, 0) is 18.4 Å². The Kier molecular flexibility index (Phi) is 8.09. The van der Waals surface area contributed by atoms with Gasteiger partial charge in [-0.3, -0.25) is 14.8 Å². The van der Waals surface area contributed by atoms with Crippen molar-refractivity contribution in [1.29, 1.82) is 0 Å². The molecule has 2 amide bonds. The Morgan fingerprint density at radius 2 is 1.76 bits per heavy atom. The van der Waals surface area contributed by atoms with Gasteiger partial charge >= 0.3 is 17.9 Å². The van der Waals surface area contributed by atoms with Crippen LogP contribution in [0.1, 0.15) is 17.2 Å². The number of rotatable bonds is 8. The number of aromatic nitrogens is 2. The minimum atomic E-state index is -0.763. The van der Waals surface area contributed by atoms with Crippen LogP contribution in [0.2, 0.25) is 0 Å². The fourth-order valence-corrected chi connectivity index (χ4v) is 6.32. The van der Waals surface area contributed by atoms with Gasteiger partial charge in [0.2, 0.25) is 5.75 Å². The summed E-state index contributed by atoms with van der Waals surface area (Å²) in [5.74, 6) is 1.12. The molecular formula is C32H30ClN5O8. The molecule has 0 bridgehead atoms. The molecule has 1 N–H and O–H groups in total. The number of nitrogens with one attached hydrogen (secondary N) is 1. The summed E-state index contributed by atoms with van der Waals surface area (Å²) in [5.41, 5.74) is 2.85. The molecule has 0 saturated heterocycles. The summed E-state index contributed by atoms with van der Waals surface area (Å²) >= 11 is 6.48. The molecule has 46 heavy (non-hydrogen) atoms. The summed E-state index contributed by atoms with van der Waals surface area (Å²) < 4.78 is 25.0. The molecule has 6 rings (SSSR count). The molecule has 13 nitrogen and oxygen atoms in total. The lowest BCUT2D eigenvalue weighted by atomic mass is 9.95. The van der Waals surface area contributed by atoms with Gasteiger partial charge in [0.1, 0.15) is 11.2 Å². The number of carbonyl (C=O) groups excluding carboxylic acids is 2. The van der Waals surface area contributed by atoms with E-state index in [1.807, 2.05) is 24.3 Å². The maximum absolute atomic E-state index is 14.3. The zero-order valence-corrected chi connectivity index (χ0v) is 26.2. The van der Waals surface area contributed by atoms with Gasteiger partial charge in [0.15, 0.2) is 18.1 Å². The van der Waals surface area contributed by atoms with Gasteiger partial charge in [0, 0.05) is 41.4 Å². The van der Waals surface area contributed by atoms with E-state index in [-0.39, 0.29) is 30.3 Å². The number of halogens is 1. The molecule has 1 aliphatic heterocycles. The van der Waals surface area contributed by atoms with Crippen molar-refractivity contribution in [3.8, 4) is 17.2 Å². The van der Waals surface area contributed by atoms with Crippen molar-refractivity contribution >= 4 is 62.6 Å². The van der Waals surface area contributed by atoms with Crippen molar-refractivity contribution in [1.82, 2.24) is 9.13 Å². The van der Waals surface area contributed by atoms with Crippen LogP contribution >= 0.6 is 11.6 Å². The molecule has 238 valence electrons. The third-order valence-electron chi connectivity index (χ3n) is 8.24. The number of ether oxygens (including phenoxy) is 4. The Morgan fingerprint density at radius 3 is 2.41 bits per heavy atom. The maximum Gasteiger partial charge on any atom is 0.412 e. The summed E-state index contributed by atoms with van der Waals surface area (Å²) in [6.45, 7) is 0.117. The number of carbonyl (C=O) groups is 2. The molecule has 5 aromatic rings. The highest BCUT2D eigenvalue weighted by Gasteiger charge is 2.36. The van der Waals surface area contributed by atoms with E-state index in [0.717, 1.165) is 16.3 Å². The monoisotopic (exact) mass is 647 g/mol. The topological polar surface area (TPSA) is 139 Å². The van der Waals surface area contributed by atoms with E-state index in [9.17, 15) is 19.7 Å². The molecule has 1 aliphatic rings. The number of amides is 2. The van der Waals surface area contributed by atoms with Crippen LogP contribution < -0.4 is 24.4 Å². The summed E-state index contributed by atoms with van der Waals surface area (Å²) in [4.78, 5) is 39.7. The van der Waals surface area contributed by atoms with Crippen molar-refractivity contribution in [2.24, 2.45) is 7.05 Å². The fourth-order valence-electron chi connectivity index (χ4n) is 6.07. The third kappa shape index (κ3) is 4.98. The Balaban J connectivity index is 1.38. The van der Waals surface area contributed by atoms with Crippen molar-refractivity contribution in [2.75, 3.05) is 44.0 Å². The number of nitrogens with zero attached hydrogens (tertiary/aromatic N) is 4. The molecule has 2 aromatic heterocycles. The molecular weight excluding hydrogens is 618 g/mol. The molecule has 1 atom stereocenters. The lowest BCUT2D eigenvalue weighted by Crippen LogP contribution is -2.33. The highest BCUT2D eigenvalue weighted by Crippen LogP contribution is 2.47. The van der Waals surface area contributed by atoms with E-state index in [4.69, 9.17) is 30.5 Å². The van der Waals surface area contributed by atoms with E-state index in [2.05, 4.69) is 5.32 Å². The Morgan fingerprint density at radius 1 is 1.02 bits per heavy atom. The van der Waals surface area contributed by atoms with Crippen LogP contribution in [0.25, 0.3) is 21.7 Å². The molecule has 0 aliphatic carbocycles. The van der Waals surface area contributed by atoms with Crippen molar-refractivity contribution in [3.05, 3.63) is 82.2 Å². The standard InChI is InChI=1S/C32H30ClN5O8/c1-35-20(9-10-26(35)38(41)42)17-46-31(39)34-23-14-24-27(22-8-6-5-7-21(22)23)19(15-33)16-37(24)32(40)36-12-11-18-13-25(43-2)29(44-3)30(45-4)28(18)36/h5-14,19H,15-17H2,1-4H3,(H,34,39). The van der Waals surface area contributed by atoms with Gasteiger partial charge < -0.3 is 29.1 Å². The lowest BCUT2D eigenvalue weighted by Gasteiger charge is -2.21. The van der Waals surface area contributed by atoms with Crippen LogP contribution in [0.5, 0.6) is 17.2 Å². The third-order valence-corrected chi connectivity index (χ3v) is 8.61. The summed E-state index contributed by atoms with van der Waals surface area (Å²) in [7, 11) is 6.04. The van der Waals surface area contributed by atoms with Crippen LogP contribution in [-0.4, -0.2) is 59.9 Å². The zero-order chi connectivity index (χ0) is 32.7. The van der Waals surface area contributed by atoms with Gasteiger partial charge in [-0.1, -0.05) is 24.3 Å². The Labute approximate surface area is 267 Å².